The van der Waals surface area contributed by atoms with Crippen molar-refractivity contribution in [2.75, 3.05) is 0 Å². The predicted octanol–water partition coefficient (Wildman–Crippen LogP) is 3.20. The highest BCUT2D eigenvalue weighted by atomic mass is 16.4. The molecule has 1 aromatic carbocycles. The Morgan fingerprint density at radius 1 is 1.00 bits per heavy atom. The van der Waals surface area contributed by atoms with Gasteiger partial charge in [0.2, 0.25) is 0 Å². The van der Waals surface area contributed by atoms with Crippen LogP contribution in [0.4, 0.5) is 0 Å². The van der Waals surface area contributed by atoms with Crippen molar-refractivity contribution in [2.45, 2.75) is 32.6 Å². The zero-order valence-corrected chi connectivity index (χ0v) is 10.9. The van der Waals surface area contributed by atoms with Crippen molar-refractivity contribution < 1.29 is 19.8 Å². The SMILES string of the molecule is C1CC2CCC12.Cc1ccc(C(=O)O)cc1C(=O)O. The first-order chi connectivity index (χ1) is 8.99. The monoisotopic (exact) mass is 262 g/mol. The third-order valence-corrected chi connectivity index (χ3v) is 4.20. The summed E-state index contributed by atoms with van der Waals surface area (Å²) in [6.07, 6.45) is 6.24. The molecule has 0 radical (unpaired) electrons. The Balaban J connectivity index is 0.000000180. The molecule has 0 bridgehead atoms. The van der Waals surface area contributed by atoms with Crippen LogP contribution >= 0.6 is 0 Å². The molecule has 2 aliphatic rings. The van der Waals surface area contributed by atoms with Gasteiger partial charge in [0, 0.05) is 0 Å². The standard InChI is InChI=1S/C9H8O4.C6H10/c1-5-2-3-6(8(10)11)4-7(5)9(12)13;1-2-6-4-3-5(1)6/h2-4H,1H3,(H,10,11)(H,12,13);5-6H,1-4H2. The summed E-state index contributed by atoms with van der Waals surface area (Å²) in [4.78, 5) is 21.1. The van der Waals surface area contributed by atoms with E-state index >= 15 is 0 Å². The molecule has 0 unspecified atom stereocenters. The largest absolute Gasteiger partial charge is 0.478 e. The predicted molar refractivity (Wildman–Crippen MR) is 70.5 cm³/mol. The number of hydrogen-bond donors (Lipinski definition) is 2. The Labute approximate surface area is 112 Å². The van der Waals surface area contributed by atoms with E-state index in [2.05, 4.69) is 0 Å². The van der Waals surface area contributed by atoms with Crippen LogP contribution in [0.5, 0.6) is 0 Å². The second-order valence-corrected chi connectivity index (χ2v) is 5.31. The summed E-state index contributed by atoms with van der Waals surface area (Å²) in [5.41, 5.74) is 0.570. The van der Waals surface area contributed by atoms with Gasteiger partial charge in [-0.2, -0.15) is 0 Å². The molecule has 0 atom stereocenters. The molecule has 102 valence electrons. The van der Waals surface area contributed by atoms with Crippen molar-refractivity contribution in [3.05, 3.63) is 34.9 Å². The van der Waals surface area contributed by atoms with E-state index in [1.807, 2.05) is 0 Å². The van der Waals surface area contributed by atoms with Crippen LogP contribution in [0, 0.1) is 18.8 Å². The number of hydrogen-bond acceptors (Lipinski definition) is 2. The molecule has 2 aliphatic carbocycles. The first-order valence-corrected chi connectivity index (χ1v) is 6.56. The lowest BCUT2D eigenvalue weighted by atomic mass is 9.60. The van der Waals surface area contributed by atoms with Gasteiger partial charge in [-0.25, -0.2) is 9.59 Å². The highest BCUT2D eigenvalue weighted by molar-refractivity contribution is 5.94. The quantitative estimate of drug-likeness (QED) is 0.858. The van der Waals surface area contributed by atoms with Gasteiger partial charge >= 0.3 is 11.9 Å². The topological polar surface area (TPSA) is 74.6 Å². The van der Waals surface area contributed by atoms with Crippen LogP contribution in [-0.2, 0) is 0 Å². The minimum absolute atomic E-state index is 0.0111. The molecule has 19 heavy (non-hydrogen) atoms. The van der Waals surface area contributed by atoms with Gasteiger partial charge in [0.05, 0.1) is 11.1 Å². The maximum Gasteiger partial charge on any atom is 0.335 e. The molecule has 2 saturated carbocycles. The molecule has 4 nitrogen and oxygen atoms in total. The summed E-state index contributed by atoms with van der Waals surface area (Å²) in [5.74, 6) is 0.193. The van der Waals surface area contributed by atoms with Crippen LogP contribution in [-0.4, -0.2) is 22.2 Å². The van der Waals surface area contributed by atoms with Crippen molar-refractivity contribution in [3.8, 4) is 0 Å². The van der Waals surface area contributed by atoms with Crippen LogP contribution in [0.2, 0.25) is 0 Å². The molecular weight excluding hydrogens is 244 g/mol. The summed E-state index contributed by atoms with van der Waals surface area (Å²) in [5, 5.41) is 17.3. The maximum atomic E-state index is 10.6. The van der Waals surface area contributed by atoms with Gasteiger partial charge in [0.25, 0.3) is 0 Å². The zero-order chi connectivity index (χ0) is 14.0. The molecule has 3 rings (SSSR count). The van der Waals surface area contributed by atoms with E-state index in [1.165, 1.54) is 24.0 Å². The van der Waals surface area contributed by atoms with Crippen molar-refractivity contribution in [2.24, 2.45) is 11.8 Å². The number of carbonyl (C=O) groups is 2. The number of aryl methyl sites for hydroxylation is 1. The molecule has 4 heteroatoms. The molecule has 1 aromatic rings. The van der Waals surface area contributed by atoms with E-state index in [1.54, 1.807) is 32.6 Å². The van der Waals surface area contributed by atoms with Gasteiger partial charge in [-0.05, 0) is 62.1 Å². The summed E-state index contributed by atoms with van der Waals surface area (Å²) in [7, 11) is 0. The number of benzene rings is 1. The molecule has 0 spiro atoms. The number of carboxylic acids is 2. The van der Waals surface area contributed by atoms with Crippen LogP contribution in [0.15, 0.2) is 18.2 Å². The van der Waals surface area contributed by atoms with Gasteiger partial charge < -0.3 is 10.2 Å². The van der Waals surface area contributed by atoms with E-state index in [9.17, 15) is 9.59 Å². The molecule has 0 saturated heterocycles. The smallest absolute Gasteiger partial charge is 0.335 e. The lowest BCUT2D eigenvalue weighted by Crippen LogP contribution is -2.34. The van der Waals surface area contributed by atoms with E-state index in [0.717, 1.165) is 6.07 Å². The average molecular weight is 262 g/mol. The van der Waals surface area contributed by atoms with Crippen LogP contribution in [0.25, 0.3) is 0 Å². The van der Waals surface area contributed by atoms with Crippen LogP contribution in [0.3, 0.4) is 0 Å². The van der Waals surface area contributed by atoms with Gasteiger partial charge in [0.1, 0.15) is 0 Å². The number of fused-ring (bicyclic) bond motifs is 1. The highest BCUT2D eigenvalue weighted by Gasteiger charge is 2.37. The molecule has 2 N–H and O–H groups in total. The maximum absolute atomic E-state index is 10.6. The summed E-state index contributed by atoms with van der Waals surface area (Å²) in [6.45, 7) is 1.62. The average Bonchev–Trinajstić information content (AvgIpc) is 2.34. The summed E-state index contributed by atoms with van der Waals surface area (Å²) >= 11 is 0. The molecule has 0 aromatic heterocycles. The van der Waals surface area contributed by atoms with Gasteiger partial charge in [-0.1, -0.05) is 6.07 Å². The van der Waals surface area contributed by atoms with E-state index < -0.39 is 11.9 Å². The first kappa shape index (κ1) is 13.6. The second-order valence-electron chi connectivity index (χ2n) is 5.31. The Kier molecular flexibility index (Phi) is 3.88. The van der Waals surface area contributed by atoms with Crippen molar-refractivity contribution in [3.63, 3.8) is 0 Å². The second kappa shape index (κ2) is 5.43. The number of aromatic carboxylic acids is 2. The third kappa shape index (κ3) is 2.95. The van der Waals surface area contributed by atoms with Gasteiger partial charge in [-0.15, -0.1) is 0 Å². The lowest BCUT2D eigenvalue weighted by Gasteiger charge is -2.46. The van der Waals surface area contributed by atoms with E-state index in [-0.39, 0.29) is 11.1 Å². The summed E-state index contributed by atoms with van der Waals surface area (Å²) in [6, 6.07) is 4.01. The minimum atomic E-state index is -1.12. The Hall–Kier alpha value is -1.84. The first-order valence-electron chi connectivity index (χ1n) is 6.56. The summed E-state index contributed by atoms with van der Waals surface area (Å²) < 4.78 is 0. The molecule has 0 aliphatic heterocycles. The highest BCUT2D eigenvalue weighted by Crippen LogP contribution is 2.49. The third-order valence-electron chi connectivity index (χ3n) is 4.20. The van der Waals surface area contributed by atoms with Crippen molar-refractivity contribution >= 4 is 11.9 Å². The Bertz CT molecular complexity index is 489. The number of carboxylic acid groups (broad SMARTS) is 2. The fourth-order valence-electron chi connectivity index (χ4n) is 2.55. The Morgan fingerprint density at radius 3 is 1.84 bits per heavy atom. The Morgan fingerprint density at radius 2 is 1.53 bits per heavy atom. The van der Waals surface area contributed by atoms with Gasteiger partial charge in [0.15, 0.2) is 0 Å². The number of rotatable bonds is 2. The zero-order valence-electron chi connectivity index (χ0n) is 10.9. The molecule has 0 amide bonds. The van der Waals surface area contributed by atoms with Crippen LogP contribution in [0.1, 0.15) is 52.0 Å². The van der Waals surface area contributed by atoms with Crippen molar-refractivity contribution in [1.29, 1.82) is 0 Å². The van der Waals surface area contributed by atoms with Crippen molar-refractivity contribution in [1.82, 2.24) is 0 Å². The molecular formula is C15H18O4. The fraction of sp³-hybridized carbons (Fsp3) is 0.467. The van der Waals surface area contributed by atoms with Gasteiger partial charge in [-0.3, -0.25) is 0 Å². The molecule has 0 heterocycles. The molecule has 2 fully saturated rings. The van der Waals surface area contributed by atoms with E-state index in [0.29, 0.717) is 5.56 Å². The minimum Gasteiger partial charge on any atom is -0.478 e. The fourth-order valence-corrected chi connectivity index (χ4v) is 2.55. The lowest BCUT2D eigenvalue weighted by molar-refractivity contribution is 0.0548. The normalized spacial score (nSPS) is 23.0. The van der Waals surface area contributed by atoms with Crippen LogP contribution < -0.4 is 0 Å². The van der Waals surface area contributed by atoms with E-state index in [4.69, 9.17) is 10.2 Å².